The molecular weight excluding hydrogens is 587 g/mol. The highest BCUT2D eigenvalue weighted by Gasteiger charge is 2.54. The van der Waals surface area contributed by atoms with E-state index in [0.29, 0.717) is 4.90 Å². The Hall–Kier alpha value is -2.78. The number of rotatable bonds is 7. The van der Waals surface area contributed by atoms with E-state index < -0.39 is 42.8 Å². The SMILES string of the molecule is COc1nc(N)nc2c1ncn2C1OC(COP2(=O)NC(C(=O)OC3CCCC3)Cc3ccccc3S2)C(O)C1(C)O. The van der Waals surface area contributed by atoms with Gasteiger partial charge in [-0.25, -0.2) is 10.1 Å². The second-order valence-corrected chi connectivity index (χ2v) is 15.0. The molecule has 2 aromatic heterocycles. The molecule has 1 saturated heterocycles. The van der Waals surface area contributed by atoms with E-state index in [9.17, 15) is 19.6 Å². The number of aliphatic hydroxyl groups is 2. The number of nitrogens with two attached hydrogens (primary N) is 1. The van der Waals surface area contributed by atoms with Gasteiger partial charge in [-0.15, -0.1) is 0 Å². The summed E-state index contributed by atoms with van der Waals surface area (Å²) in [6.07, 6.45) is 1.45. The van der Waals surface area contributed by atoms with Crippen LogP contribution in [0, 0.1) is 0 Å². The molecule has 16 heteroatoms. The Kier molecular flexibility index (Phi) is 7.94. The van der Waals surface area contributed by atoms with Crippen LogP contribution in [0.2, 0.25) is 0 Å². The van der Waals surface area contributed by atoms with Crippen molar-refractivity contribution in [2.24, 2.45) is 0 Å². The number of aromatic nitrogens is 4. The Morgan fingerprint density at radius 1 is 1.31 bits per heavy atom. The van der Waals surface area contributed by atoms with Gasteiger partial charge < -0.3 is 34.7 Å². The summed E-state index contributed by atoms with van der Waals surface area (Å²) >= 11 is 0.989. The van der Waals surface area contributed by atoms with E-state index in [1.807, 2.05) is 24.3 Å². The number of nitrogens with zero attached hydrogens (tertiary/aromatic N) is 4. The molecule has 42 heavy (non-hydrogen) atoms. The van der Waals surface area contributed by atoms with Crippen molar-refractivity contribution in [3.8, 4) is 5.88 Å². The quantitative estimate of drug-likeness (QED) is 0.222. The highest BCUT2D eigenvalue weighted by molar-refractivity contribution is 8.56. The van der Waals surface area contributed by atoms with E-state index >= 15 is 0 Å². The summed E-state index contributed by atoms with van der Waals surface area (Å²) in [6.45, 7) is -2.73. The highest BCUT2D eigenvalue weighted by Crippen LogP contribution is 2.62. The lowest BCUT2D eigenvalue weighted by Gasteiger charge is -2.27. The van der Waals surface area contributed by atoms with Crippen LogP contribution in [0.1, 0.15) is 44.4 Å². The third-order valence-corrected chi connectivity index (χ3v) is 11.7. The first-order valence-corrected chi connectivity index (χ1v) is 16.7. The predicted molar refractivity (Wildman–Crippen MR) is 152 cm³/mol. The summed E-state index contributed by atoms with van der Waals surface area (Å²) in [5.74, 6) is -0.410. The maximum absolute atomic E-state index is 14.1. The van der Waals surface area contributed by atoms with Gasteiger partial charge in [0.15, 0.2) is 17.4 Å². The van der Waals surface area contributed by atoms with Crippen LogP contribution in [0.25, 0.3) is 11.2 Å². The van der Waals surface area contributed by atoms with E-state index in [1.54, 1.807) is 0 Å². The van der Waals surface area contributed by atoms with E-state index in [-0.39, 0.29) is 42.1 Å². The van der Waals surface area contributed by atoms with Crippen molar-refractivity contribution in [3.05, 3.63) is 36.2 Å². The molecule has 2 fully saturated rings. The summed E-state index contributed by atoms with van der Waals surface area (Å²) < 4.78 is 38.5. The third-order valence-electron chi connectivity index (χ3n) is 7.81. The summed E-state index contributed by atoms with van der Waals surface area (Å²) in [5, 5.41) is 25.3. The van der Waals surface area contributed by atoms with Gasteiger partial charge in [0, 0.05) is 11.3 Å². The molecule has 226 valence electrons. The normalized spacial score (nSPS) is 31.6. The van der Waals surface area contributed by atoms with Gasteiger partial charge in [0.25, 0.3) is 0 Å². The van der Waals surface area contributed by atoms with Crippen LogP contribution in [0.4, 0.5) is 5.95 Å². The maximum Gasteiger partial charge on any atom is 0.332 e. The van der Waals surface area contributed by atoms with Gasteiger partial charge in [-0.2, -0.15) is 9.97 Å². The predicted octanol–water partition coefficient (Wildman–Crippen LogP) is 2.34. The Morgan fingerprint density at radius 3 is 2.83 bits per heavy atom. The van der Waals surface area contributed by atoms with Gasteiger partial charge >= 0.3 is 12.7 Å². The third kappa shape index (κ3) is 5.50. The number of hydrogen-bond donors (Lipinski definition) is 4. The zero-order valence-electron chi connectivity index (χ0n) is 23.1. The molecule has 3 aliphatic rings. The number of carbonyl (C=O) groups is 1. The number of anilines is 1. The first-order chi connectivity index (χ1) is 20.1. The summed E-state index contributed by atoms with van der Waals surface area (Å²) in [7, 11) is 1.42. The van der Waals surface area contributed by atoms with Gasteiger partial charge in [-0.3, -0.25) is 13.9 Å². The van der Waals surface area contributed by atoms with Crippen LogP contribution in [0.5, 0.6) is 5.88 Å². The molecular formula is C26H33N6O8PS. The average Bonchev–Trinajstić information content (AvgIpc) is 3.64. The zero-order chi connectivity index (χ0) is 29.6. The molecule has 0 bridgehead atoms. The first kappa shape index (κ1) is 29.3. The first-order valence-electron chi connectivity index (χ1n) is 13.7. The Labute approximate surface area is 245 Å². The summed E-state index contributed by atoms with van der Waals surface area (Å²) in [5.41, 5.74) is 5.36. The van der Waals surface area contributed by atoms with Crippen molar-refractivity contribution in [2.45, 2.75) is 80.1 Å². The van der Waals surface area contributed by atoms with Gasteiger partial charge in [-0.05, 0) is 55.6 Å². The number of aliphatic hydroxyl groups excluding tert-OH is 1. The van der Waals surface area contributed by atoms with Crippen molar-refractivity contribution in [1.82, 2.24) is 24.6 Å². The van der Waals surface area contributed by atoms with Crippen LogP contribution < -0.4 is 15.6 Å². The number of carbonyl (C=O) groups excluding carboxylic acids is 1. The van der Waals surface area contributed by atoms with Crippen LogP contribution >= 0.6 is 18.1 Å². The number of hydrogen-bond acceptors (Lipinski definition) is 13. The van der Waals surface area contributed by atoms with Crippen molar-refractivity contribution < 1.29 is 38.3 Å². The summed E-state index contributed by atoms with van der Waals surface area (Å²) in [6, 6.07) is 6.47. The second kappa shape index (κ2) is 11.4. The van der Waals surface area contributed by atoms with Crippen LogP contribution in [0.15, 0.2) is 35.5 Å². The summed E-state index contributed by atoms with van der Waals surface area (Å²) in [4.78, 5) is 26.3. The molecule has 2 aliphatic heterocycles. The molecule has 4 heterocycles. The Morgan fingerprint density at radius 2 is 2.07 bits per heavy atom. The van der Waals surface area contributed by atoms with Crippen molar-refractivity contribution in [1.29, 1.82) is 0 Å². The standard InChI is InChI=1S/C26H33N6O8PS/c1-26(35)20(33)17(40-24(26)32-13-28-19-21(32)29-25(27)30-22(19)37-2)12-38-41(36)31-16(23(34)39-15-8-4-5-9-15)11-14-7-3-6-10-18(14)42-41/h3,6-7,10,13,15-17,20,24,33,35H,4-5,8-9,11-12H2,1-2H3,(H,31,36)(H2,27,29,30). The van der Waals surface area contributed by atoms with Crippen LogP contribution in [-0.2, 0) is 29.8 Å². The number of esters is 1. The largest absolute Gasteiger partial charge is 0.479 e. The molecule has 5 N–H and O–H groups in total. The Bertz CT molecular complexity index is 1530. The van der Waals surface area contributed by atoms with Gasteiger partial charge in [0.05, 0.1) is 20.0 Å². The fourth-order valence-electron chi connectivity index (χ4n) is 5.60. The van der Waals surface area contributed by atoms with Crippen molar-refractivity contribution in [3.63, 3.8) is 0 Å². The van der Waals surface area contributed by atoms with E-state index in [0.717, 1.165) is 42.6 Å². The van der Waals surface area contributed by atoms with Gasteiger partial charge in [0.1, 0.15) is 30.0 Å². The number of fused-ring (bicyclic) bond motifs is 2. The molecule has 14 nitrogen and oxygen atoms in total. The lowest BCUT2D eigenvalue weighted by Crippen LogP contribution is -2.44. The van der Waals surface area contributed by atoms with Gasteiger partial charge in [0.2, 0.25) is 11.8 Å². The molecule has 0 radical (unpaired) electrons. The molecule has 0 spiro atoms. The monoisotopic (exact) mass is 620 g/mol. The number of imidazole rings is 1. The number of ether oxygens (including phenoxy) is 3. The van der Waals surface area contributed by atoms with E-state index in [4.69, 9.17) is 24.5 Å². The average molecular weight is 621 g/mol. The minimum Gasteiger partial charge on any atom is -0.479 e. The molecule has 0 amide bonds. The van der Waals surface area contributed by atoms with Crippen LogP contribution in [-0.4, -0.2) is 79.4 Å². The Balaban J connectivity index is 1.22. The number of benzene rings is 1. The minimum atomic E-state index is -3.78. The van der Waals surface area contributed by atoms with Crippen molar-refractivity contribution in [2.75, 3.05) is 19.5 Å². The molecule has 1 saturated carbocycles. The fourth-order valence-corrected chi connectivity index (χ4v) is 9.56. The smallest absolute Gasteiger partial charge is 0.332 e. The molecule has 1 aliphatic carbocycles. The van der Waals surface area contributed by atoms with E-state index in [2.05, 4.69) is 20.0 Å². The fraction of sp³-hybridized carbons (Fsp3) is 0.538. The number of methoxy groups -OCH3 is 1. The minimum absolute atomic E-state index is 0.0741. The lowest BCUT2D eigenvalue weighted by atomic mass is 9.96. The molecule has 6 unspecified atom stereocenters. The maximum atomic E-state index is 14.1. The number of nitrogen functional groups attached to an aromatic ring is 1. The number of nitrogens with one attached hydrogen (secondary N) is 1. The second-order valence-electron chi connectivity index (χ2n) is 10.8. The molecule has 1 aromatic carbocycles. The highest BCUT2D eigenvalue weighted by atomic mass is 32.7. The van der Waals surface area contributed by atoms with E-state index in [1.165, 1.54) is 24.9 Å². The van der Waals surface area contributed by atoms with Crippen LogP contribution in [0.3, 0.4) is 0 Å². The topological polar surface area (TPSA) is 193 Å². The van der Waals surface area contributed by atoms with Gasteiger partial charge in [-0.1, -0.05) is 18.2 Å². The molecule has 6 rings (SSSR count). The lowest BCUT2D eigenvalue weighted by molar-refractivity contribution is -0.150. The zero-order valence-corrected chi connectivity index (χ0v) is 24.8. The molecule has 6 atom stereocenters. The molecule has 3 aromatic rings. The van der Waals surface area contributed by atoms with Crippen molar-refractivity contribution >= 4 is 41.2 Å².